The highest BCUT2D eigenvalue weighted by atomic mass is 16.6. The first kappa shape index (κ1) is 12.0. The molecule has 1 N–H and O–H groups in total. The van der Waals surface area contributed by atoms with Crippen LogP contribution >= 0.6 is 0 Å². The zero-order valence-corrected chi connectivity index (χ0v) is 9.08. The maximum atomic E-state index is 11.7. The van der Waals surface area contributed by atoms with Crippen molar-refractivity contribution in [3.63, 3.8) is 0 Å². The largest absolute Gasteiger partial charge is 0.376 e. The zero-order chi connectivity index (χ0) is 11.3. The van der Waals surface area contributed by atoms with Gasteiger partial charge in [0.15, 0.2) is 6.10 Å². The third-order valence-corrected chi connectivity index (χ3v) is 2.46. The Labute approximate surface area is 89.3 Å². The summed E-state index contributed by atoms with van der Waals surface area (Å²) in [7, 11) is 0. The first-order valence-electron chi connectivity index (χ1n) is 5.04. The van der Waals surface area contributed by atoms with Crippen LogP contribution in [-0.4, -0.2) is 37.4 Å². The van der Waals surface area contributed by atoms with Crippen molar-refractivity contribution in [2.75, 3.05) is 19.8 Å². The third-order valence-electron chi connectivity index (χ3n) is 2.46. The van der Waals surface area contributed by atoms with Gasteiger partial charge < -0.3 is 14.8 Å². The van der Waals surface area contributed by atoms with Crippen molar-refractivity contribution in [3.05, 3.63) is 0 Å². The van der Waals surface area contributed by atoms with Gasteiger partial charge in [-0.3, -0.25) is 4.79 Å². The Balaban J connectivity index is 2.50. The fourth-order valence-corrected chi connectivity index (χ4v) is 1.19. The number of nitriles is 1. The molecule has 1 fully saturated rings. The van der Waals surface area contributed by atoms with Crippen molar-refractivity contribution in [1.82, 2.24) is 5.32 Å². The monoisotopic (exact) mass is 212 g/mol. The number of carbonyl (C=O) groups excluding carboxylic acids is 1. The summed E-state index contributed by atoms with van der Waals surface area (Å²) in [5, 5.41) is 11.6. The van der Waals surface area contributed by atoms with Gasteiger partial charge in [0.05, 0.1) is 25.9 Å². The second-order valence-corrected chi connectivity index (χ2v) is 3.72. The SMILES string of the molecule is CCC(C)(C#N)NC(=O)C1COCCO1. The van der Waals surface area contributed by atoms with Crippen LogP contribution in [0, 0.1) is 11.3 Å². The summed E-state index contributed by atoms with van der Waals surface area (Å²) in [6.45, 7) is 4.74. The smallest absolute Gasteiger partial charge is 0.252 e. The molecule has 0 bridgehead atoms. The van der Waals surface area contributed by atoms with Gasteiger partial charge in [0.1, 0.15) is 5.54 Å². The first-order valence-corrected chi connectivity index (χ1v) is 5.04. The number of hydrogen-bond acceptors (Lipinski definition) is 4. The molecule has 1 saturated heterocycles. The van der Waals surface area contributed by atoms with Crippen LogP contribution in [0.4, 0.5) is 0 Å². The molecule has 2 unspecified atom stereocenters. The maximum Gasteiger partial charge on any atom is 0.252 e. The van der Waals surface area contributed by atoms with Gasteiger partial charge in [-0.15, -0.1) is 0 Å². The van der Waals surface area contributed by atoms with E-state index in [4.69, 9.17) is 14.7 Å². The molecule has 0 radical (unpaired) electrons. The molecular formula is C10H16N2O3. The molecule has 5 nitrogen and oxygen atoms in total. The summed E-state index contributed by atoms with van der Waals surface area (Å²) in [5.74, 6) is -0.277. The van der Waals surface area contributed by atoms with Gasteiger partial charge >= 0.3 is 0 Å². The van der Waals surface area contributed by atoms with Gasteiger partial charge in [-0.05, 0) is 13.3 Å². The summed E-state index contributed by atoms with van der Waals surface area (Å²) < 4.78 is 10.3. The van der Waals surface area contributed by atoms with E-state index in [1.165, 1.54) is 0 Å². The third kappa shape index (κ3) is 3.18. The fraction of sp³-hybridized carbons (Fsp3) is 0.800. The van der Waals surface area contributed by atoms with E-state index in [2.05, 4.69) is 11.4 Å². The molecule has 0 aliphatic carbocycles. The minimum absolute atomic E-state index is 0.261. The molecule has 1 amide bonds. The van der Waals surface area contributed by atoms with Crippen molar-refractivity contribution >= 4 is 5.91 Å². The lowest BCUT2D eigenvalue weighted by Gasteiger charge is -2.27. The number of carbonyl (C=O) groups is 1. The van der Waals surface area contributed by atoms with Gasteiger partial charge in [0.2, 0.25) is 0 Å². The molecule has 2 atom stereocenters. The van der Waals surface area contributed by atoms with Crippen LogP contribution in [0.2, 0.25) is 0 Å². The summed E-state index contributed by atoms with van der Waals surface area (Å²) >= 11 is 0. The Morgan fingerprint density at radius 3 is 2.87 bits per heavy atom. The molecule has 0 aromatic carbocycles. The number of ether oxygens (including phenoxy) is 2. The highest BCUT2D eigenvalue weighted by Crippen LogP contribution is 2.09. The van der Waals surface area contributed by atoms with Crippen LogP contribution in [0.1, 0.15) is 20.3 Å². The average molecular weight is 212 g/mol. The predicted molar refractivity (Wildman–Crippen MR) is 53.0 cm³/mol. The van der Waals surface area contributed by atoms with Crippen LogP contribution in [0.3, 0.4) is 0 Å². The topological polar surface area (TPSA) is 71.4 Å². The summed E-state index contributed by atoms with van der Waals surface area (Å²) in [4.78, 5) is 11.7. The van der Waals surface area contributed by atoms with E-state index in [0.29, 0.717) is 19.6 Å². The molecule has 0 aromatic rings. The van der Waals surface area contributed by atoms with Crippen molar-refractivity contribution in [3.8, 4) is 6.07 Å². The quantitative estimate of drug-likeness (QED) is 0.726. The first-order chi connectivity index (χ1) is 7.11. The molecule has 1 aliphatic heterocycles. The van der Waals surface area contributed by atoms with Crippen LogP contribution < -0.4 is 5.32 Å². The molecule has 5 heteroatoms. The lowest BCUT2D eigenvalue weighted by molar-refractivity contribution is -0.148. The van der Waals surface area contributed by atoms with E-state index < -0.39 is 11.6 Å². The van der Waals surface area contributed by atoms with Crippen LogP contribution in [-0.2, 0) is 14.3 Å². The van der Waals surface area contributed by atoms with Gasteiger partial charge in [-0.1, -0.05) is 6.92 Å². The van der Waals surface area contributed by atoms with Gasteiger partial charge in [-0.2, -0.15) is 5.26 Å². The Hall–Kier alpha value is -1.12. The molecule has 84 valence electrons. The zero-order valence-electron chi connectivity index (χ0n) is 9.08. The standard InChI is InChI=1S/C10H16N2O3/c1-3-10(2,7-11)12-9(13)8-6-14-4-5-15-8/h8H,3-6H2,1-2H3,(H,12,13). The second kappa shape index (κ2) is 5.10. The normalized spacial score (nSPS) is 25.0. The average Bonchev–Trinajstić information content (AvgIpc) is 2.30. The molecule has 1 rings (SSSR count). The Kier molecular flexibility index (Phi) is 4.06. The van der Waals surface area contributed by atoms with E-state index in [0.717, 1.165) is 0 Å². The van der Waals surface area contributed by atoms with E-state index in [-0.39, 0.29) is 12.5 Å². The van der Waals surface area contributed by atoms with Crippen molar-refractivity contribution in [2.24, 2.45) is 0 Å². The minimum Gasteiger partial charge on any atom is -0.376 e. The van der Waals surface area contributed by atoms with E-state index in [1.54, 1.807) is 6.92 Å². The highest BCUT2D eigenvalue weighted by Gasteiger charge is 2.29. The lowest BCUT2D eigenvalue weighted by atomic mass is 10.0. The van der Waals surface area contributed by atoms with E-state index in [9.17, 15) is 4.79 Å². The van der Waals surface area contributed by atoms with Crippen LogP contribution in [0.15, 0.2) is 0 Å². The van der Waals surface area contributed by atoms with Gasteiger partial charge in [0, 0.05) is 0 Å². The Morgan fingerprint density at radius 1 is 1.67 bits per heavy atom. The summed E-state index contributed by atoms with van der Waals surface area (Å²) in [6.07, 6.45) is -0.0269. The number of amides is 1. The van der Waals surface area contributed by atoms with Crippen molar-refractivity contribution in [2.45, 2.75) is 31.9 Å². The molecule has 0 spiro atoms. The number of hydrogen-bond donors (Lipinski definition) is 1. The Bertz CT molecular complexity index is 268. The molecular weight excluding hydrogens is 196 g/mol. The Morgan fingerprint density at radius 2 is 2.40 bits per heavy atom. The molecule has 15 heavy (non-hydrogen) atoms. The number of nitrogens with one attached hydrogen (secondary N) is 1. The summed E-state index contributed by atoms with van der Waals surface area (Å²) in [5.41, 5.74) is -0.822. The number of nitrogens with zero attached hydrogens (tertiary/aromatic N) is 1. The lowest BCUT2D eigenvalue weighted by Crippen LogP contribution is -2.51. The van der Waals surface area contributed by atoms with Crippen molar-refractivity contribution < 1.29 is 14.3 Å². The molecule has 0 saturated carbocycles. The van der Waals surface area contributed by atoms with Crippen molar-refractivity contribution in [1.29, 1.82) is 5.26 Å². The highest BCUT2D eigenvalue weighted by molar-refractivity contribution is 5.82. The molecule has 1 heterocycles. The van der Waals surface area contributed by atoms with Gasteiger partial charge in [-0.25, -0.2) is 0 Å². The van der Waals surface area contributed by atoms with Crippen LogP contribution in [0.5, 0.6) is 0 Å². The maximum absolute atomic E-state index is 11.7. The fourth-order valence-electron chi connectivity index (χ4n) is 1.19. The minimum atomic E-state index is -0.822. The second-order valence-electron chi connectivity index (χ2n) is 3.72. The predicted octanol–water partition coefficient (Wildman–Crippen LogP) is 0.210. The van der Waals surface area contributed by atoms with Crippen LogP contribution in [0.25, 0.3) is 0 Å². The number of rotatable bonds is 3. The summed E-state index contributed by atoms with van der Waals surface area (Å²) in [6, 6.07) is 2.07. The van der Waals surface area contributed by atoms with E-state index >= 15 is 0 Å². The van der Waals surface area contributed by atoms with E-state index in [1.807, 2.05) is 6.92 Å². The molecule has 1 aliphatic rings. The van der Waals surface area contributed by atoms with Gasteiger partial charge in [0.25, 0.3) is 5.91 Å². The molecule has 0 aromatic heterocycles.